The second-order valence-corrected chi connectivity index (χ2v) is 6.37. The Morgan fingerprint density at radius 1 is 1.04 bits per heavy atom. The molecule has 2 amide bonds. The first-order valence-corrected chi connectivity index (χ1v) is 8.47. The van der Waals surface area contributed by atoms with Crippen molar-refractivity contribution in [3.05, 3.63) is 54.1 Å². The number of benzene rings is 2. The van der Waals surface area contributed by atoms with Crippen LogP contribution in [-0.2, 0) is 4.79 Å². The first-order valence-electron chi connectivity index (χ1n) is 8.47. The summed E-state index contributed by atoms with van der Waals surface area (Å²) in [6, 6.07) is 14.3. The van der Waals surface area contributed by atoms with E-state index in [0.717, 1.165) is 5.69 Å². The molecule has 0 fully saturated rings. The molecular formula is C20H25N3O3. The second kappa shape index (κ2) is 8.89. The van der Waals surface area contributed by atoms with Crippen LogP contribution in [0.1, 0.15) is 24.2 Å². The number of hydrogen-bond acceptors (Lipinski definition) is 4. The number of nitrogens with one attached hydrogen (secondary N) is 2. The zero-order valence-corrected chi connectivity index (χ0v) is 15.6. The van der Waals surface area contributed by atoms with Crippen molar-refractivity contribution in [2.24, 2.45) is 0 Å². The fourth-order valence-corrected chi connectivity index (χ4v) is 2.30. The zero-order chi connectivity index (χ0) is 19.1. The Balaban J connectivity index is 1.88. The Kier molecular flexibility index (Phi) is 6.60. The van der Waals surface area contributed by atoms with Gasteiger partial charge in [-0.3, -0.25) is 9.59 Å². The molecule has 0 radical (unpaired) electrons. The maximum Gasteiger partial charge on any atom is 0.253 e. The standard InChI is InChI=1S/C20H25N3O3/c1-14(2)26-18-7-5-6-17(12-18)22-19(24)13-21-16-10-8-15(9-11-16)20(25)23(3)4/h5-12,14,21H,13H2,1-4H3,(H,22,24). The third-order valence-corrected chi connectivity index (χ3v) is 3.48. The van der Waals surface area contributed by atoms with Gasteiger partial charge in [0, 0.05) is 37.1 Å². The minimum atomic E-state index is -0.167. The van der Waals surface area contributed by atoms with Crippen molar-refractivity contribution in [3.63, 3.8) is 0 Å². The van der Waals surface area contributed by atoms with Crippen molar-refractivity contribution >= 4 is 23.2 Å². The van der Waals surface area contributed by atoms with Crippen molar-refractivity contribution < 1.29 is 14.3 Å². The molecule has 0 aliphatic heterocycles. The van der Waals surface area contributed by atoms with Gasteiger partial charge >= 0.3 is 0 Å². The lowest BCUT2D eigenvalue weighted by molar-refractivity contribution is -0.114. The number of rotatable bonds is 7. The highest BCUT2D eigenvalue weighted by molar-refractivity contribution is 5.95. The van der Waals surface area contributed by atoms with Crippen molar-refractivity contribution in [2.45, 2.75) is 20.0 Å². The van der Waals surface area contributed by atoms with Gasteiger partial charge in [0.25, 0.3) is 5.91 Å². The summed E-state index contributed by atoms with van der Waals surface area (Å²) in [5.41, 5.74) is 2.06. The van der Waals surface area contributed by atoms with Gasteiger partial charge in [-0.25, -0.2) is 0 Å². The highest BCUT2D eigenvalue weighted by Crippen LogP contribution is 2.18. The second-order valence-electron chi connectivity index (χ2n) is 6.37. The number of ether oxygens (including phenoxy) is 1. The van der Waals surface area contributed by atoms with Crippen molar-refractivity contribution in [1.29, 1.82) is 0 Å². The van der Waals surface area contributed by atoms with Crippen LogP contribution in [0.5, 0.6) is 5.75 Å². The highest BCUT2D eigenvalue weighted by atomic mass is 16.5. The van der Waals surface area contributed by atoms with E-state index in [1.807, 2.05) is 32.0 Å². The molecule has 0 unspecified atom stereocenters. The Hall–Kier alpha value is -3.02. The van der Waals surface area contributed by atoms with Gasteiger partial charge in [0.2, 0.25) is 5.91 Å². The SMILES string of the molecule is CC(C)Oc1cccc(NC(=O)CNc2ccc(C(=O)N(C)C)cc2)c1. The smallest absolute Gasteiger partial charge is 0.253 e. The maximum absolute atomic E-state index is 12.1. The third kappa shape index (κ3) is 5.81. The average molecular weight is 355 g/mol. The number of carbonyl (C=O) groups excluding carboxylic acids is 2. The van der Waals surface area contributed by atoms with Gasteiger partial charge in [-0.05, 0) is 50.2 Å². The molecule has 6 heteroatoms. The molecule has 2 N–H and O–H groups in total. The van der Waals surface area contributed by atoms with E-state index in [-0.39, 0.29) is 24.5 Å². The fourth-order valence-electron chi connectivity index (χ4n) is 2.30. The number of hydrogen-bond donors (Lipinski definition) is 2. The van der Waals surface area contributed by atoms with E-state index < -0.39 is 0 Å². The first-order chi connectivity index (χ1) is 12.3. The molecule has 0 bridgehead atoms. The molecule has 6 nitrogen and oxygen atoms in total. The zero-order valence-electron chi connectivity index (χ0n) is 15.6. The van der Waals surface area contributed by atoms with Crippen LogP contribution < -0.4 is 15.4 Å². The van der Waals surface area contributed by atoms with E-state index in [0.29, 0.717) is 17.0 Å². The molecule has 2 rings (SSSR count). The predicted molar refractivity (Wildman–Crippen MR) is 104 cm³/mol. The minimum Gasteiger partial charge on any atom is -0.491 e. The van der Waals surface area contributed by atoms with Crippen molar-refractivity contribution in [2.75, 3.05) is 31.3 Å². The Morgan fingerprint density at radius 3 is 2.35 bits per heavy atom. The van der Waals surface area contributed by atoms with Crippen LogP contribution in [0.3, 0.4) is 0 Å². The Bertz CT molecular complexity index is 755. The first kappa shape index (κ1) is 19.3. The van der Waals surface area contributed by atoms with Gasteiger partial charge in [0.1, 0.15) is 5.75 Å². The predicted octanol–water partition coefficient (Wildman–Crippen LogP) is 3.23. The maximum atomic E-state index is 12.1. The van der Waals surface area contributed by atoms with Gasteiger partial charge in [-0.1, -0.05) is 6.07 Å². The van der Waals surface area contributed by atoms with Crippen molar-refractivity contribution in [1.82, 2.24) is 4.90 Å². The molecule has 0 aliphatic carbocycles. The van der Waals surface area contributed by atoms with Gasteiger partial charge in [-0.2, -0.15) is 0 Å². The lowest BCUT2D eigenvalue weighted by Gasteiger charge is -2.12. The molecule has 0 saturated carbocycles. The Labute approximate surface area is 154 Å². The summed E-state index contributed by atoms with van der Waals surface area (Å²) in [6.45, 7) is 4.02. The monoisotopic (exact) mass is 355 g/mol. The average Bonchev–Trinajstić information content (AvgIpc) is 2.59. The summed E-state index contributed by atoms with van der Waals surface area (Å²) in [5, 5.41) is 5.87. The molecule has 138 valence electrons. The molecule has 26 heavy (non-hydrogen) atoms. The normalized spacial score (nSPS) is 10.3. The van der Waals surface area contributed by atoms with E-state index in [4.69, 9.17) is 4.74 Å². The summed E-state index contributed by atoms with van der Waals surface area (Å²) < 4.78 is 5.62. The molecule has 0 atom stereocenters. The third-order valence-electron chi connectivity index (χ3n) is 3.48. The van der Waals surface area contributed by atoms with E-state index in [9.17, 15) is 9.59 Å². The van der Waals surface area contributed by atoms with Gasteiger partial charge in [0.05, 0.1) is 12.6 Å². The molecule has 0 aromatic heterocycles. The van der Waals surface area contributed by atoms with Crippen LogP contribution in [0.4, 0.5) is 11.4 Å². The molecule has 2 aromatic carbocycles. The summed E-state index contributed by atoms with van der Waals surface area (Å²) in [7, 11) is 3.42. The van der Waals surface area contributed by atoms with E-state index in [1.165, 1.54) is 4.90 Å². The van der Waals surface area contributed by atoms with Crippen LogP contribution in [0.25, 0.3) is 0 Å². The molecule has 0 saturated heterocycles. The number of amides is 2. The largest absolute Gasteiger partial charge is 0.491 e. The summed E-state index contributed by atoms with van der Waals surface area (Å²) in [5.74, 6) is 0.491. The van der Waals surface area contributed by atoms with Crippen LogP contribution in [0.15, 0.2) is 48.5 Å². The molecular weight excluding hydrogens is 330 g/mol. The highest BCUT2D eigenvalue weighted by Gasteiger charge is 2.08. The van der Waals surface area contributed by atoms with Crippen LogP contribution in [-0.4, -0.2) is 43.5 Å². The lowest BCUT2D eigenvalue weighted by atomic mass is 10.2. The molecule has 0 spiro atoms. The van der Waals surface area contributed by atoms with E-state index in [2.05, 4.69) is 10.6 Å². The summed E-state index contributed by atoms with van der Waals surface area (Å²) >= 11 is 0. The summed E-state index contributed by atoms with van der Waals surface area (Å²) in [6.07, 6.45) is 0.0740. The quantitative estimate of drug-likeness (QED) is 0.800. The van der Waals surface area contributed by atoms with Gasteiger partial charge in [-0.15, -0.1) is 0 Å². The minimum absolute atomic E-state index is 0.0576. The number of nitrogens with zero attached hydrogens (tertiary/aromatic N) is 1. The Morgan fingerprint density at radius 2 is 1.73 bits per heavy atom. The van der Waals surface area contributed by atoms with Gasteiger partial charge in [0.15, 0.2) is 0 Å². The molecule has 0 heterocycles. The topological polar surface area (TPSA) is 70.7 Å². The summed E-state index contributed by atoms with van der Waals surface area (Å²) in [4.78, 5) is 25.5. The van der Waals surface area contributed by atoms with Crippen LogP contribution >= 0.6 is 0 Å². The van der Waals surface area contributed by atoms with Crippen molar-refractivity contribution in [3.8, 4) is 5.75 Å². The molecule has 0 aliphatic rings. The van der Waals surface area contributed by atoms with Crippen LogP contribution in [0, 0.1) is 0 Å². The van der Waals surface area contributed by atoms with E-state index >= 15 is 0 Å². The fraction of sp³-hybridized carbons (Fsp3) is 0.300. The van der Waals surface area contributed by atoms with E-state index in [1.54, 1.807) is 44.4 Å². The lowest BCUT2D eigenvalue weighted by Crippen LogP contribution is -2.22. The number of carbonyl (C=O) groups is 2. The van der Waals surface area contributed by atoms with Gasteiger partial charge < -0.3 is 20.3 Å². The number of anilines is 2. The molecule has 2 aromatic rings. The van der Waals surface area contributed by atoms with Crippen LogP contribution in [0.2, 0.25) is 0 Å².